The third-order valence-corrected chi connectivity index (χ3v) is 3.38. The Bertz CT molecular complexity index is 346. The predicted octanol–water partition coefficient (Wildman–Crippen LogP) is 3.18. The molecule has 3 heteroatoms. The van der Waals surface area contributed by atoms with Crippen LogP contribution in [0.4, 0.5) is 0 Å². The van der Waals surface area contributed by atoms with Crippen LogP contribution < -0.4 is 5.32 Å². The van der Waals surface area contributed by atoms with E-state index in [1.54, 1.807) is 0 Å². The first-order chi connectivity index (χ1) is 8.56. The van der Waals surface area contributed by atoms with Crippen LogP contribution >= 0.6 is 0 Å². The molecule has 0 aliphatic carbocycles. The Morgan fingerprint density at radius 1 is 1.39 bits per heavy atom. The predicted molar refractivity (Wildman–Crippen MR) is 76.6 cm³/mol. The number of hydrogen-bond donors (Lipinski definition) is 1. The normalized spacial score (nSPS) is 13.2. The van der Waals surface area contributed by atoms with Crippen molar-refractivity contribution in [1.82, 2.24) is 10.2 Å². The summed E-state index contributed by atoms with van der Waals surface area (Å²) in [6, 6.07) is 2.19. The minimum Gasteiger partial charge on any atom is -0.465 e. The first kappa shape index (κ1) is 15.3. The minimum absolute atomic E-state index is 0.743. The zero-order valence-electron chi connectivity index (χ0n) is 12.5. The van der Waals surface area contributed by atoms with Gasteiger partial charge in [0, 0.05) is 18.7 Å². The molecule has 1 N–H and O–H groups in total. The zero-order valence-corrected chi connectivity index (χ0v) is 12.5. The molecule has 0 bridgehead atoms. The molecule has 1 rings (SSSR count). The molecule has 0 fully saturated rings. The maximum Gasteiger partial charge on any atom is 0.118 e. The largest absolute Gasteiger partial charge is 0.465 e. The van der Waals surface area contributed by atoms with E-state index in [1.807, 2.05) is 6.92 Å². The summed E-state index contributed by atoms with van der Waals surface area (Å²) >= 11 is 0. The van der Waals surface area contributed by atoms with Crippen LogP contribution in [0.1, 0.15) is 44.3 Å². The standard InChI is InChI=1S/C15H28N2O/c1-6-12(3)10-17(5)11-15-8-14(9-16-7-2)13(4)18-15/h8,12,16H,6-7,9-11H2,1-5H3. The maximum absolute atomic E-state index is 5.82. The van der Waals surface area contributed by atoms with Crippen LogP contribution in [0.25, 0.3) is 0 Å². The molecule has 1 atom stereocenters. The molecule has 0 amide bonds. The van der Waals surface area contributed by atoms with Crippen LogP contribution in [0, 0.1) is 12.8 Å². The third kappa shape index (κ3) is 4.83. The van der Waals surface area contributed by atoms with Crippen molar-refractivity contribution < 1.29 is 4.42 Å². The molecule has 104 valence electrons. The Morgan fingerprint density at radius 2 is 2.11 bits per heavy atom. The Morgan fingerprint density at radius 3 is 2.72 bits per heavy atom. The number of rotatable bonds is 8. The van der Waals surface area contributed by atoms with Crippen LogP contribution in [0.3, 0.4) is 0 Å². The lowest BCUT2D eigenvalue weighted by Crippen LogP contribution is -2.23. The van der Waals surface area contributed by atoms with Gasteiger partial charge in [0.2, 0.25) is 0 Å². The highest BCUT2D eigenvalue weighted by Gasteiger charge is 2.10. The molecular formula is C15H28N2O. The van der Waals surface area contributed by atoms with Crippen LogP contribution in [0.2, 0.25) is 0 Å². The lowest BCUT2D eigenvalue weighted by atomic mass is 10.1. The highest BCUT2D eigenvalue weighted by Crippen LogP contribution is 2.16. The molecule has 0 aromatic carbocycles. The van der Waals surface area contributed by atoms with Gasteiger partial charge in [0.1, 0.15) is 11.5 Å². The van der Waals surface area contributed by atoms with Crippen molar-refractivity contribution in [3.8, 4) is 0 Å². The number of nitrogens with zero attached hydrogens (tertiary/aromatic N) is 1. The van der Waals surface area contributed by atoms with Gasteiger partial charge in [0.05, 0.1) is 6.54 Å². The second-order valence-electron chi connectivity index (χ2n) is 5.28. The number of furan rings is 1. The highest BCUT2D eigenvalue weighted by molar-refractivity contribution is 5.20. The average Bonchev–Trinajstić information content (AvgIpc) is 2.66. The van der Waals surface area contributed by atoms with Gasteiger partial charge in [-0.05, 0) is 32.5 Å². The fraction of sp³-hybridized carbons (Fsp3) is 0.733. The van der Waals surface area contributed by atoms with E-state index in [0.29, 0.717) is 0 Å². The van der Waals surface area contributed by atoms with E-state index < -0.39 is 0 Å². The van der Waals surface area contributed by atoms with E-state index in [1.165, 1.54) is 12.0 Å². The topological polar surface area (TPSA) is 28.4 Å². The smallest absolute Gasteiger partial charge is 0.118 e. The van der Waals surface area contributed by atoms with Gasteiger partial charge >= 0.3 is 0 Å². The average molecular weight is 252 g/mol. The van der Waals surface area contributed by atoms with Gasteiger partial charge in [-0.25, -0.2) is 0 Å². The molecule has 0 aliphatic rings. The van der Waals surface area contributed by atoms with Crippen LogP contribution in [-0.2, 0) is 13.1 Å². The maximum atomic E-state index is 5.82. The van der Waals surface area contributed by atoms with Crippen LogP contribution in [-0.4, -0.2) is 25.0 Å². The summed E-state index contributed by atoms with van der Waals surface area (Å²) in [5.74, 6) is 2.86. The number of aryl methyl sites for hydroxylation is 1. The van der Waals surface area contributed by atoms with E-state index in [2.05, 4.69) is 44.1 Å². The van der Waals surface area contributed by atoms with Crippen molar-refractivity contribution in [2.45, 2.75) is 47.2 Å². The summed E-state index contributed by atoms with van der Waals surface area (Å²) in [6.45, 7) is 12.6. The van der Waals surface area contributed by atoms with Gasteiger partial charge in [-0.3, -0.25) is 4.90 Å². The summed E-state index contributed by atoms with van der Waals surface area (Å²) in [4.78, 5) is 2.34. The molecule has 3 nitrogen and oxygen atoms in total. The SMILES string of the molecule is CCNCc1cc(CN(C)CC(C)CC)oc1C. The van der Waals surface area contributed by atoms with Gasteiger partial charge in [0.25, 0.3) is 0 Å². The van der Waals surface area contributed by atoms with E-state index in [4.69, 9.17) is 4.42 Å². The van der Waals surface area contributed by atoms with Crippen LogP contribution in [0.15, 0.2) is 10.5 Å². The Kier molecular flexibility index (Phi) is 6.44. The summed E-state index contributed by atoms with van der Waals surface area (Å²) in [7, 11) is 2.16. The summed E-state index contributed by atoms with van der Waals surface area (Å²) in [6.07, 6.45) is 1.23. The third-order valence-electron chi connectivity index (χ3n) is 3.38. The van der Waals surface area contributed by atoms with E-state index >= 15 is 0 Å². The molecule has 1 heterocycles. The van der Waals surface area contributed by atoms with Crippen LogP contribution in [0.5, 0.6) is 0 Å². The van der Waals surface area contributed by atoms with Gasteiger partial charge in [-0.15, -0.1) is 0 Å². The molecule has 0 spiro atoms. The molecule has 1 unspecified atom stereocenters. The quantitative estimate of drug-likeness (QED) is 0.770. The van der Waals surface area contributed by atoms with Crippen molar-refractivity contribution in [1.29, 1.82) is 0 Å². The van der Waals surface area contributed by atoms with Gasteiger partial charge in [-0.2, -0.15) is 0 Å². The Hall–Kier alpha value is -0.800. The second kappa shape index (κ2) is 7.59. The Labute approximate surface area is 112 Å². The van der Waals surface area contributed by atoms with Crippen molar-refractivity contribution in [2.24, 2.45) is 5.92 Å². The highest BCUT2D eigenvalue weighted by atomic mass is 16.3. The van der Waals surface area contributed by atoms with E-state index in [9.17, 15) is 0 Å². The number of nitrogens with one attached hydrogen (secondary N) is 1. The van der Waals surface area contributed by atoms with Gasteiger partial charge < -0.3 is 9.73 Å². The molecule has 1 aromatic heterocycles. The van der Waals surface area contributed by atoms with Gasteiger partial charge in [0.15, 0.2) is 0 Å². The molecule has 0 saturated carbocycles. The molecule has 0 aliphatic heterocycles. The minimum atomic E-state index is 0.743. The lowest BCUT2D eigenvalue weighted by Gasteiger charge is -2.18. The van der Waals surface area contributed by atoms with E-state index in [0.717, 1.165) is 43.6 Å². The first-order valence-electron chi connectivity index (χ1n) is 7.04. The van der Waals surface area contributed by atoms with Crippen molar-refractivity contribution in [3.63, 3.8) is 0 Å². The van der Waals surface area contributed by atoms with Crippen molar-refractivity contribution >= 4 is 0 Å². The zero-order chi connectivity index (χ0) is 13.5. The van der Waals surface area contributed by atoms with E-state index in [-0.39, 0.29) is 0 Å². The second-order valence-corrected chi connectivity index (χ2v) is 5.28. The molecular weight excluding hydrogens is 224 g/mol. The molecule has 0 saturated heterocycles. The molecule has 0 radical (unpaired) electrons. The van der Waals surface area contributed by atoms with Gasteiger partial charge in [-0.1, -0.05) is 27.2 Å². The lowest BCUT2D eigenvalue weighted by molar-refractivity contribution is 0.253. The summed E-state index contributed by atoms with van der Waals surface area (Å²) in [5.41, 5.74) is 1.28. The van der Waals surface area contributed by atoms with Crippen molar-refractivity contribution in [3.05, 3.63) is 23.2 Å². The molecule has 1 aromatic rings. The first-order valence-corrected chi connectivity index (χ1v) is 7.04. The Balaban J connectivity index is 2.51. The molecule has 18 heavy (non-hydrogen) atoms. The van der Waals surface area contributed by atoms with Crippen molar-refractivity contribution in [2.75, 3.05) is 20.1 Å². The summed E-state index contributed by atoms with van der Waals surface area (Å²) in [5, 5.41) is 3.34. The summed E-state index contributed by atoms with van der Waals surface area (Å²) < 4.78 is 5.82. The monoisotopic (exact) mass is 252 g/mol. The number of hydrogen-bond acceptors (Lipinski definition) is 3. The fourth-order valence-corrected chi connectivity index (χ4v) is 2.09. The fourth-order valence-electron chi connectivity index (χ4n) is 2.09.